The lowest BCUT2D eigenvalue weighted by molar-refractivity contribution is 0.0317. The number of hydrogen-bond donors (Lipinski definition) is 1. The molecule has 1 aromatic heterocycles. The molecule has 2 aromatic rings. The lowest BCUT2D eigenvalue weighted by Crippen LogP contribution is -2.36. The summed E-state index contributed by atoms with van der Waals surface area (Å²) in [5.41, 5.74) is 2.21. The molecule has 7 nitrogen and oxygen atoms in total. The van der Waals surface area contributed by atoms with E-state index in [9.17, 15) is 8.42 Å². The summed E-state index contributed by atoms with van der Waals surface area (Å²) in [4.78, 5) is 4.08. The highest BCUT2D eigenvalue weighted by Crippen LogP contribution is 2.34. The van der Waals surface area contributed by atoms with E-state index in [4.69, 9.17) is 4.74 Å². The van der Waals surface area contributed by atoms with Crippen molar-refractivity contribution < 1.29 is 13.2 Å². The summed E-state index contributed by atoms with van der Waals surface area (Å²) in [6, 6.07) is 8.27. The Balaban J connectivity index is 1.59. The first kappa shape index (κ1) is 19.4. The topological polar surface area (TPSA) is 76.5 Å². The fourth-order valence-corrected chi connectivity index (χ4v) is 5.79. The first-order valence-electron chi connectivity index (χ1n) is 9.82. The largest absolute Gasteiger partial charge is 0.381 e. The first-order chi connectivity index (χ1) is 13.4. The quantitative estimate of drug-likeness (QED) is 0.827. The average Bonchev–Trinajstić information content (AvgIpc) is 3.30. The van der Waals surface area contributed by atoms with Crippen LogP contribution in [-0.4, -0.2) is 54.6 Å². The molecule has 0 bridgehead atoms. The third-order valence-electron chi connectivity index (χ3n) is 5.79. The third kappa shape index (κ3) is 3.94. The second kappa shape index (κ2) is 7.85. The maximum Gasteiger partial charge on any atom is 0.262 e. The molecule has 1 N–H and O–H groups in total. The molecular weight excluding hydrogens is 376 g/mol. The van der Waals surface area contributed by atoms with Gasteiger partial charge in [-0.1, -0.05) is 12.1 Å². The molecule has 3 atom stereocenters. The SMILES string of the molecule is Cc1cccc(N[C@H]2CN(S(=O)(=O)c3cn(C)cn3)C[C@@H]2C2CCCOC2)c1. The van der Waals surface area contributed by atoms with Crippen LogP contribution in [0.3, 0.4) is 0 Å². The molecule has 0 spiro atoms. The number of aromatic nitrogens is 2. The first-order valence-corrected chi connectivity index (χ1v) is 11.3. The van der Waals surface area contributed by atoms with Crippen molar-refractivity contribution in [3.8, 4) is 0 Å². The number of benzene rings is 1. The van der Waals surface area contributed by atoms with Crippen molar-refractivity contribution in [1.29, 1.82) is 0 Å². The Bertz CT molecular complexity index is 921. The molecule has 2 aliphatic heterocycles. The molecule has 0 saturated carbocycles. The van der Waals surface area contributed by atoms with Crippen molar-refractivity contribution in [2.24, 2.45) is 18.9 Å². The summed E-state index contributed by atoms with van der Waals surface area (Å²) in [7, 11) is -1.82. The normalized spacial score (nSPS) is 26.4. The Morgan fingerprint density at radius 1 is 1.29 bits per heavy atom. The van der Waals surface area contributed by atoms with Crippen LogP contribution in [0.1, 0.15) is 18.4 Å². The number of hydrogen-bond acceptors (Lipinski definition) is 5. The van der Waals surface area contributed by atoms with E-state index in [1.807, 2.05) is 12.1 Å². The molecule has 0 amide bonds. The van der Waals surface area contributed by atoms with Gasteiger partial charge in [0.2, 0.25) is 0 Å². The van der Waals surface area contributed by atoms with Crippen LogP contribution >= 0.6 is 0 Å². The van der Waals surface area contributed by atoms with E-state index in [0.29, 0.717) is 25.6 Å². The van der Waals surface area contributed by atoms with E-state index in [1.54, 1.807) is 22.1 Å². The fourth-order valence-electron chi connectivity index (χ4n) is 4.32. The zero-order valence-corrected chi connectivity index (χ0v) is 17.2. The number of anilines is 1. The van der Waals surface area contributed by atoms with Crippen LogP contribution in [0.4, 0.5) is 5.69 Å². The van der Waals surface area contributed by atoms with Crippen LogP contribution in [0, 0.1) is 18.8 Å². The minimum atomic E-state index is -3.60. The predicted molar refractivity (Wildman–Crippen MR) is 108 cm³/mol. The highest BCUT2D eigenvalue weighted by molar-refractivity contribution is 7.89. The Hall–Kier alpha value is -1.90. The van der Waals surface area contributed by atoms with Crippen molar-refractivity contribution in [2.45, 2.75) is 30.8 Å². The summed E-state index contributed by atoms with van der Waals surface area (Å²) < 4.78 is 35.2. The highest BCUT2D eigenvalue weighted by Gasteiger charge is 2.43. The lowest BCUT2D eigenvalue weighted by Gasteiger charge is -2.31. The van der Waals surface area contributed by atoms with Gasteiger partial charge in [-0.25, -0.2) is 13.4 Å². The van der Waals surface area contributed by atoms with Gasteiger partial charge in [-0.3, -0.25) is 0 Å². The fraction of sp³-hybridized carbons (Fsp3) is 0.550. The van der Waals surface area contributed by atoms with Gasteiger partial charge in [0.25, 0.3) is 10.0 Å². The molecule has 0 radical (unpaired) electrons. The van der Waals surface area contributed by atoms with Crippen LogP contribution in [0.2, 0.25) is 0 Å². The standard InChI is InChI=1S/C20H28N4O3S/c1-15-5-3-7-17(9-15)22-19-11-24(10-18(19)16-6-4-8-27-13-16)28(25,26)20-12-23(2)14-21-20/h3,5,7,9,12,14,16,18-19,22H,4,6,8,10-11,13H2,1-2H3/t16?,18-,19+/m1/s1. The summed E-state index contributed by atoms with van der Waals surface area (Å²) in [5, 5.41) is 3.72. The minimum absolute atomic E-state index is 0.0481. The second-order valence-corrected chi connectivity index (χ2v) is 9.85. The van der Waals surface area contributed by atoms with Crippen LogP contribution in [0.15, 0.2) is 41.8 Å². The summed E-state index contributed by atoms with van der Waals surface area (Å²) in [5.74, 6) is 0.569. The third-order valence-corrected chi connectivity index (χ3v) is 7.51. The van der Waals surface area contributed by atoms with E-state index in [0.717, 1.165) is 25.1 Å². The van der Waals surface area contributed by atoms with Gasteiger partial charge in [0.15, 0.2) is 5.03 Å². The minimum Gasteiger partial charge on any atom is -0.381 e. The molecule has 2 fully saturated rings. The predicted octanol–water partition coefficient (Wildman–Crippen LogP) is 2.26. The maximum absolute atomic E-state index is 13.1. The zero-order valence-electron chi connectivity index (χ0n) is 16.4. The number of ether oxygens (including phenoxy) is 1. The van der Waals surface area contributed by atoms with Crippen molar-refractivity contribution >= 4 is 15.7 Å². The summed E-state index contributed by atoms with van der Waals surface area (Å²) in [6.07, 6.45) is 5.20. The van der Waals surface area contributed by atoms with Crippen LogP contribution in [0.5, 0.6) is 0 Å². The monoisotopic (exact) mass is 404 g/mol. The van der Waals surface area contributed by atoms with E-state index in [-0.39, 0.29) is 17.0 Å². The molecule has 3 heterocycles. The summed E-state index contributed by atoms with van der Waals surface area (Å²) >= 11 is 0. The van der Waals surface area contributed by atoms with Crippen molar-refractivity contribution in [3.63, 3.8) is 0 Å². The van der Waals surface area contributed by atoms with Crippen LogP contribution in [-0.2, 0) is 21.8 Å². The number of aryl methyl sites for hydroxylation is 2. The van der Waals surface area contributed by atoms with Gasteiger partial charge in [0.05, 0.1) is 6.33 Å². The second-order valence-electron chi connectivity index (χ2n) is 7.96. The number of rotatable bonds is 5. The number of sulfonamides is 1. The van der Waals surface area contributed by atoms with E-state index >= 15 is 0 Å². The van der Waals surface area contributed by atoms with Gasteiger partial charge in [0.1, 0.15) is 0 Å². The molecule has 28 heavy (non-hydrogen) atoms. The highest BCUT2D eigenvalue weighted by atomic mass is 32.2. The maximum atomic E-state index is 13.1. The molecule has 1 aromatic carbocycles. The van der Waals surface area contributed by atoms with Gasteiger partial charge in [-0.2, -0.15) is 4.31 Å². The molecule has 0 aliphatic carbocycles. The van der Waals surface area contributed by atoms with Crippen molar-refractivity contribution in [3.05, 3.63) is 42.4 Å². The lowest BCUT2D eigenvalue weighted by atomic mass is 9.84. The van der Waals surface area contributed by atoms with Gasteiger partial charge in [-0.15, -0.1) is 0 Å². The van der Waals surface area contributed by atoms with E-state index in [1.165, 1.54) is 11.9 Å². The Morgan fingerprint density at radius 3 is 2.82 bits per heavy atom. The smallest absolute Gasteiger partial charge is 0.262 e. The zero-order chi connectivity index (χ0) is 19.7. The number of nitrogens with zero attached hydrogens (tertiary/aromatic N) is 3. The van der Waals surface area contributed by atoms with E-state index in [2.05, 4.69) is 29.4 Å². The van der Waals surface area contributed by atoms with E-state index < -0.39 is 10.0 Å². The molecule has 8 heteroatoms. The molecule has 4 rings (SSSR count). The average molecular weight is 405 g/mol. The summed E-state index contributed by atoms with van der Waals surface area (Å²) in [6.45, 7) is 4.50. The Kier molecular flexibility index (Phi) is 5.44. The van der Waals surface area contributed by atoms with Gasteiger partial charge in [0, 0.05) is 51.3 Å². The number of imidazole rings is 1. The molecule has 2 aliphatic rings. The molecule has 152 valence electrons. The van der Waals surface area contributed by atoms with Crippen molar-refractivity contribution in [2.75, 3.05) is 31.6 Å². The molecule has 1 unspecified atom stereocenters. The molecular formula is C20H28N4O3S. The number of nitrogens with one attached hydrogen (secondary N) is 1. The van der Waals surface area contributed by atoms with Crippen molar-refractivity contribution in [1.82, 2.24) is 13.9 Å². The van der Waals surface area contributed by atoms with Crippen LogP contribution < -0.4 is 5.32 Å². The van der Waals surface area contributed by atoms with Gasteiger partial charge in [-0.05, 0) is 49.3 Å². The van der Waals surface area contributed by atoms with Gasteiger partial charge >= 0.3 is 0 Å². The van der Waals surface area contributed by atoms with Crippen LogP contribution in [0.25, 0.3) is 0 Å². The Morgan fingerprint density at radius 2 is 2.14 bits per heavy atom. The van der Waals surface area contributed by atoms with Gasteiger partial charge < -0.3 is 14.6 Å². The molecule has 2 saturated heterocycles. The Labute approximate surface area is 166 Å².